The van der Waals surface area contributed by atoms with Crippen molar-refractivity contribution >= 4 is 23.5 Å². The van der Waals surface area contributed by atoms with Gasteiger partial charge in [0.05, 0.1) is 6.20 Å². The lowest BCUT2D eigenvalue weighted by molar-refractivity contribution is 0.556. The van der Waals surface area contributed by atoms with Crippen LogP contribution in [0.15, 0.2) is 18.5 Å². The van der Waals surface area contributed by atoms with E-state index in [1.165, 1.54) is 11.9 Å². The van der Waals surface area contributed by atoms with Crippen molar-refractivity contribution in [1.82, 2.24) is 4.98 Å². The highest BCUT2D eigenvalue weighted by atomic mass is 32.2. The van der Waals surface area contributed by atoms with Gasteiger partial charge in [-0.25, -0.2) is 4.39 Å². The van der Waals surface area contributed by atoms with Crippen molar-refractivity contribution in [3.63, 3.8) is 0 Å². The number of nitrogens with zero attached hydrogens (tertiary/aromatic N) is 1. The van der Waals surface area contributed by atoms with E-state index in [0.29, 0.717) is 16.1 Å². The largest absolute Gasteiger partial charge is 0.323 e. The van der Waals surface area contributed by atoms with Gasteiger partial charge in [0.15, 0.2) is 0 Å². The molecule has 0 aliphatic carbocycles. The molecule has 3 unspecified atom stereocenters. The van der Waals surface area contributed by atoms with E-state index >= 15 is 0 Å². The zero-order valence-electron chi connectivity index (χ0n) is 9.80. The summed E-state index contributed by atoms with van der Waals surface area (Å²) in [5, 5.41) is 0.826. The van der Waals surface area contributed by atoms with Crippen LogP contribution in [-0.4, -0.2) is 27.0 Å². The Balaban J connectivity index is 2.18. The highest BCUT2D eigenvalue weighted by Crippen LogP contribution is 2.39. The highest BCUT2D eigenvalue weighted by molar-refractivity contribution is 8.07. The summed E-state index contributed by atoms with van der Waals surface area (Å²) < 4.78 is 13.7. The Morgan fingerprint density at radius 3 is 3.00 bits per heavy atom. The fourth-order valence-electron chi connectivity index (χ4n) is 2.10. The van der Waals surface area contributed by atoms with E-state index in [2.05, 4.69) is 11.9 Å². The zero-order valence-corrected chi connectivity index (χ0v) is 11.4. The van der Waals surface area contributed by atoms with E-state index in [9.17, 15) is 4.39 Å². The second kappa shape index (κ2) is 6.07. The van der Waals surface area contributed by atoms with Gasteiger partial charge < -0.3 is 5.73 Å². The van der Waals surface area contributed by atoms with Crippen molar-refractivity contribution in [2.75, 3.05) is 11.5 Å². The standard InChI is InChI=1S/C12H17FN2S2/c1-2-10-12(17-6-5-16-10)11(14)8-3-4-15-7-9(8)13/h3-4,7,10-12H,2,5-6,14H2,1H3. The summed E-state index contributed by atoms with van der Waals surface area (Å²) in [7, 11) is 0. The average molecular weight is 272 g/mol. The lowest BCUT2D eigenvalue weighted by Gasteiger charge is -2.34. The summed E-state index contributed by atoms with van der Waals surface area (Å²) in [5.74, 6) is 1.99. The normalized spacial score (nSPS) is 26.8. The molecule has 1 fully saturated rings. The zero-order chi connectivity index (χ0) is 12.3. The van der Waals surface area contributed by atoms with Crippen LogP contribution in [0.1, 0.15) is 24.9 Å². The first-order chi connectivity index (χ1) is 8.24. The minimum Gasteiger partial charge on any atom is -0.323 e. The SMILES string of the molecule is CCC1SCCSC1C(N)c1ccncc1F. The predicted octanol–water partition coefficient (Wildman–Crippen LogP) is 2.85. The highest BCUT2D eigenvalue weighted by Gasteiger charge is 2.31. The Morgan fingerprint density at radius 2 is 2.29 bits per heavy atom. The molecular formula is C12H17FN2S2. The molecule has 0 aromatic carbocycles. The third-order valence-electron chi connectivity index (χ3n) is 3.01. The number of nitrogens with two attached hydrogens (primary N) is 1. The monoisotopic (exact) mass is 272 g/mol. The first kappa shape index (κ1) is 13.2. The second-order valence-corrected chi connectivity index (χ2v) is 6.71. The van der Waals surface area contributed by atoms with Crippen molar-refractivity contribution in [3.8, 4) is 0 Å². The van der Waals surface area contributed by atoms with E-state index in [4.69, 9.17) is 5.73 Å². The number of hydrogen-bond acceptors (Lipinski definition) is 4. The van der Waals surface area contributed by atoms with Gasteiger partial charge in [0.25, 0.3) is 0 Å². The summed E-state index contributed by atoms with van der Waals surface area (Å²) in [5.41, 5.74) is 6.83. The molecule has 1 aliphatic heterocycles. The lowest BCUT2D eigenvalue weighted by Crippen LogP contribution is -2.36. The van der Waals surface area contributed by atoms with Gasteiger partial charge in [-0.1, -0.05) is 6.92 Å². The Morgan fingerprint density at radius 1 is 1.53 bits per heavy atom. The van der Waals surface area contributed by atoms with Crippen LogP contribution in [0.25, 0.3) is 0 Å². The Hall–Kier alpha value is -0.260. The predicted molar refractivity (Wildman–Crippen MR) is 73.9 cm³/mol. The number of rotatable bonds is 3. The lowest BCUT2D eigenvalue weighted by atomic mass is 10.0. The van der Waals surface area contributed by atoms with Crippen LogP contribution < -0.4 is 5.73 Å². The molecular weight excluding hydrogens is 255 g/mol. The van der Waals surface area contributed by atoms with Gasteiger partial charge in [0.2, 0.25) is 0 Å². The number of pyridine rings is 1. The molecule has 2 rings (SSSR count). The second-order valence-electron chi connectivity index (χ2n) is 4.08. The van der Waals surface area contributed by atoms with E-state index in [0.717, 1.165) is 12.2 Å². The molecule has 17 heavy (non-hydrogen) atoms. The molecule has 0 bridgehead atoms. The van der Waals surface area contributed by atoms with Gasteiger partial charge in [-0.15, -0.1) is 0 Å². The molecule has 0 saturated carbocycles. The number of aromatic nitrogens is 1. The number of thioether (sulfide) groups is 2. The average Bonchev–Trinajstić information content (AvgIpc) is 2.38. The molecule has 5 heteroatoms. The van der Waals surface area contributed by atoms with Crippen molar-refractivity contribution in [1.29, 1.82) is 0 Å². The van der Waals surface area contributed by atoms with E-state index in [1.807, 2.05) is 23.5 Å². The van der Waals surface area contributed by atoms with Gasteiger partial charge >= 0.3 is 0 Å². The molecule has 1 aliphatic rings. The smallest absolute Gasteiger partial charge is 0.146 e. The molecule has 2 heterocycles. The van der Waals surface area contributed by atoms with Crippen LogP contribution in [0.5, 0.6) is 0 Å². The molecule has 2 nitrogen and oxygen atoms in total. The maximum absolute atomic E-state index is 13.7. The molecule has 0 radical (unpaired) electrons. The third kappa shape index (κ3) is 2.95. The molecule has 94 valence electrons. The number of hydrogen-bond donors (Lipinski definition) is 1. The van der Waals surface area contributed by atoms with Crippen LogP contribution in [0.4, 0.5) is 4.39 Å². The number of halogens is 1. The summed E-state index contributed by atoms with van der Waals surface area (Å²) >= 11 is 3.84. The molecule has 0 amide bonds. The summed E-state index contributed by atoms with van der Waals surface area (Å²) in [6, 6.07) is 1.47. The van der Waals surface area contributed by atoms with Crippen molar-refractivity contribution in [2.24, 2.45) is 5.73 Å². The summed E-state index contributed by atoms with van der Waals surface area (Å²) in [6.45, 7) is 2.17. The van der Waals surface area contributed by atoms with Crippen molar-refractivity contribution < 1.29 is 4.39 Å². The fraction of sp³-hybridized carbons (Fsp3) is 0.583. The minimum absolute atomic E-state index is 0.235. The van der Waals surface area contributed by atoms with Gasteiger partial charge in [-0.3, -0.25) is 4.98 Å². The van der Waals surface area contributed by atoms with Crippen LogP contribution in [-0.2, 0) is 0 Å². The molecule has 1 aromatic rings. The Kier molecular flexibility index (Phi) is 4.70. The maximum atomic E-state index is 13.7. The van der Waals surface area contributed by atoms with E-state index < -0.39 is 0 Å². The van der Waals surface area contributed by atoms with Crippen molar-refractivity contribution in [3.05, 3.63) is 29.8 Å². The molecule has 0 spiro atoms. The Bertz CT molecular complexity index is 375. The first-order valence-electron chi connectivity index (χ1n) is 5.82. The quantitative estimate of drug-likeness (QED) is 0.918. The van der Waals surface area contributed by atoms with Gasteiger partial charge in [0.1, 0.15) is 5.82 Å². The van der Waals surface area contributed by atoms with E-state index in [1.54, 1.807) is 12.3 Å². The van der Waals surface area contributed by atoms with Crippen molar-refractivity contribution in [2.45, 2.75) is 29.9 Å². The summed E-state index contributed by atoms with van der Waals surface area (Å²) in [6.07, 6.45) is 3.94. The molecule has 1 aromatic heterocycles. The van der Waals surface area contributed by atoms with E-state index in [-0.39, 0.29) is 11.9 Å². The molecule has 3 atom stereocenters. The van der Waals surface area contributed by atoms with Gasteiger partial charge in [-0.05, 0) is 12.5 Å². The van der Waals surface area contributed by atoms with Gasteiger partial charge in [0, 0.05) is 39.8 Å². The third-order valence-corrected chi connectivity index (χ3v) is 6.38. The minimum atomic E-state index is -0.286. The topological polar surface area (TPSA) is 38.9 Å². The maximum Gasteiger partial charge on any atom is 0.146 e. The van der Waals surface area contributed by atoms with Gasteiger partial charge in [-0.2, -0.15) is 23.5 Å². The molecule has 2 N–H and O–H groups in total. The van der Waals surface area contributed by atoms with Crippen LogP contribution in [0, 0.1) is 5.82 Å². The fourth-order valence-corrected chi connectivity index (χ4v) is 5.28. The Labute approximate surface area is 110 Å². The molecule has 1 saturated heterocycles. The van der Waals surface area contributed by atoms with Crippen LogP contribution in [0.3, 0.4) is 0 Å². The van der Waals surface area contributed by atoms with Crippen LogP contribution in [0.2, 0.25) is 0 Å². The van der Waals surface area contributed by atoms with Crippen LogP contribution >= 0.6 is 23.5 Å². The summed E-state index contributed by atoms with van der Waals surface area (Å²) in [4.78, 5) is 3.77. The first-order valence-corrected chi connectivity index (χ1v) is 7.92.